The molecule has 14 heavy (non-hydrogen) atoms. The normalized spacial score (nSPS) is 16.7. The zero-order chi connectivity index (χ0) is 9.97. The Balaban J connectivity index is 1.96. The third-order valence-corrected chi connectivity index (χ3v) is 2.89. The SMILES string of the molecule is C=CSCc1noc(C2CC(=C)C2)n1. The summed E-state index contributed by atoms with van der Waals surface area (Å²) in [6.07, 6.45) is 1.99. The molecule has 0 N–H and O–H groups in total. The number of thioether (sulfide) groups is 1. The number of aromatic nitrogens is 2. The molecular weight excluding hydrogens is 196 g/mol. The second-order valence-electron chi connectivity index (χ2n) is 3.38. The summed E-state index contributed by atoms with van der Waals surface area (Å²) >= 11 is 1.57. The van der Waals surface area contributed by atoms with Crippen LogP contribution in [0.3, 0.4) is 0 Å². The van der Waals surface area contributed by atoms with Crippen LogP contribution in [0.5, 0.6) is 0 Å². The van der Waals surface area contributed by atoms with Crippen LogP contribution in [0.4, 0.5) is 0 Å². The van der Waals surface area contributed by atoms with Gasteiger partial charge in [-0.1, -0.05) is 23.9 Å². The highest BCUT2D eigenvalue weighted by Crippen LogP contribution is 2.39. The molecule has 0 radical (unpaired) electrons. The molecule has 3 nitrogen and oxygen atoms in total. The van der Waals surface area contributed by atoms with Crippen LogP contribution in [0.15, 0.2) is 28.7 Å². The van der Waals surface area contributed by atoms with Crippen molar-refractivity contribution >= 4 is 11.8 Å². The van der Waals surface area contributed by atoms with Gasteiger partial charge in [0.15, 0.2) is 5.82 Å². The Kier molecular flexibility index (Phi) is 2.72. The number of rotatable bonds is 4. The Hall–Kier alpha value is -1.03. The minimum atomic E-state index is 0.414. The highest BCUT2D eigenvalue weighted by molar-refractivity contribution is 8.01. The molecule has 1 aliphatic carbocycles. The van der Waals surface area contributed by atoms with Crippen LogP contribution in [0.25, 0.3) is 0 Å². The summed E-state index contributed by atoms with van der Waals surface area (Å²) in [7, 11) is 0. The topological polar surface area (TPSA) is 38.9 Å². The average molecular weight is 208 g/mol. The molecule has 2 rings (SSSR count). The molecular formula is C10H12N2OS. The first-order chi connectivity index (χ1) is 6.79. The number of allylic oxidation sites excluding steroid dienone is 1. The maximum Gasteiger partial charge on any atom is 0.230 e. The fraction of sp³-hybridized carbons (Fsp3) is 0.400. The second-order valence-corrected chi connectivity index (χ2v) is 4.34. The van der Waals surface area contributed by atoms with Crippen LogP contribution in [0, 0.1) is 0 Å². The van der Waals surface area contributed by atoms with Gasteiger partial charge < -0.3 is 4.52 Å². The highest BCUT2D eigenvalue weighted by atomic mass is 32.2. The van der Waals surface area contributed by atoms with E-state index in [9.17, 15) is 0 Å². The third-order valence-electron chi connectivity index (χ3n) is 2.23. The van der Waals surface area contributed by atoms with Crippen molar-refractivity contribution in [2.45, 2.75) is 24.5 Å². The van der Waals surface area contributed by atoms with Crippen molar-refractivity contribution < 1.29 is 4.52 Å². The molecule has 1 heterocycles. The van der Waals surface area contributed by atoms with Crippen molar-refractivity contribution in [3.63, 3.8) is 0 Å². The van der Waals surface area contributed by atoms with Gasteiger partial charge in [-0.15, -0.1) is 11.8 Å². The molecule has 0 bridgehead atoms. The van der Waals surface area contributed by atoms with Crippen molar-refractivity contribution in [3.05, 3.63) is 35.9 Å². The Labute approximate surface area is 87.3 Å². The highest BCUT2D eigenvalue weighted by Gasteiger charge is 2.28. The van der Waals surface area contributed by atoms with Crippen molar-refractivity contribution in [1.29, 1.82) is 0 Å². The van der Waals surface area contributed by atoms with Crippen LogP contribution in [0.2, 0.25) is 0 Å². The van der Waals surface area contributed by atoms with Crippen molar-refractivity contribution in [2.75, 3.05) is 0 Å². The van der Waals surface area contributed by atoms with Crippen LogP contribution in [0.1, 0.15) is 30.5 Å². The molecule has 0 atom stereocenters. The lowest BCUT2D eigenvalue weighted by Crippen LogP contribution is -2.11. The molecule has 74 valence electrons. The Morgan fingerprint density at radius 2 is 2.36 bits per heavy atom. The lowest BCUT2D eigenvalue weighted by Gasteiger charge is -2.24. The van der Waals surface area contributed by atoms with Gasteiger partial charge in [0.05, 0.1) is 5.75 Å². The lowest BCUT2D eigenvalue weighted by molar-refractivity contribution is 0.327. The predicted octanol–water partition coefficient (Wildman–Crippen LogP) is 2.88. The van der Waals surface area contributed by atoms with Gasteiger partial charge in [0.1, 0.15) is 0 Å². The molecule has 0 saturated heterocycles. The minimum Gasteiger partial charge on any atom is -0.339 e. The van der Waals surface area contributed by atoms with E-state index in [0.29, 0.717) is 5.92 Å². The molecule has 0 unspecified atom stereocenters. The van der Waals surface area contributed by atoms with Crippen LogP contribution >= 0.6 is 11.8 Å². The Morgan fingerprint density at radius 3 is 3.00 bits per heavy atom. The zero-order valence-electron chi connectivity index (χ0n) is 7.90. The van der Waals surface area contributed by atoms with E-state index in [1.165, 1.54) is 5.57 Å². The van der Waals surface area contributed by atoms with Gasteiger partial charge in [-0.2, -0.15) is 4.98 Å². The molecule has 4 heteroatoms. The van der Waals surface area contributed by atoms with Crippen LogP contribution < -0.4 is 0 Å². The molecule has 1 aromatic rings. The molecule has 1 aromatic heterocycles. The average Bonchev–Trinajstić information content (AvgIpc) is 2.58. The molecule has 0 spiro atoms. The Morgan fingerprint density at radius 1 is 1.57 bits per heavy atom. The van der Waals surface area contributed by atoms with Crippen LogP contribution in [-0.2, 0) is 5.75 Å². The van der Waals surface area contributed by atoms with Gasteiger partial charge >= 0.3 is 0 Å². The van der Waals surface area contributed by atoms with E-state index < -0.39 is 0 Å². The second kappa shape index (κ2) is 4.00. The van der Waals surface area contributed by atoms with Gasteiger partial charge in [-0.25, -0.2) is 0 Å². The third kappa shape index (κ3) is 1.90. The molecule has 0 aliphatic heterocycles. The van der Waals surface area contributed by atoms with E-state index in [2.05, 4.69) is 23.3 Å². The first kappa shape index (κ1) is 9.52. The van der Waals surface area contributed by atoms with E-state index in [1.54, 1.807) is 17.2 Å². The number of hydrogen-bond donors (Lipinski definition) is 0. The van der Waals surface area contributed by atoms with Gasteiger partial charge in [0.25, 0.3) is 0 Å². The first-order valence-electron chi connectivity index (χ1n) is 4.51. The predicted molar refractivity (Wildman–Crippen MR) is 56.9 cm³/mol. The summed E-state index contributed by atoms with van der Waals surface area (Å²) in [5, 5.41) is 5.68. The van der Waals surface area contributed by atoms with E-state index in [-0.39, 0.29) is 0 Å². The summed E-state index contributed by atoms with van der Waals surface area (Å²) in [6, 6.07) is 0. The zero-order valence-corrected chi connectivity index (χ0v) is 8.72. The van der Waals surface area contributed by atoms with Gasteiger partial charge in [-0.3, -0.25) is 0 Å². The molecule has 1 saturated carbocycles. The molecule has 1 aliphatic rings. The smallest absolute Gasteiger partial charge is 0.230 e. The summed E-state index contributed by atoms with van der Waals surface area (Å²) in [5.74, 6) is 2.66. The lowest BCUT2D eigenvalue weighted by atomic mass is 9.81. The summed E-state index contributed by atoms with van der Waals surface area (Å²) < 4.78 is 5.16. The van der Waals surface area contributed by atoms with Gasteiger partial charge in [0, 0.05) is 5.92 Å². The van der Waals surface area contributed by atoms with E-state index in [0.717, 1.165) is 30.3 Å². The van der Waals surface area contributed by atoms with E-state index in [4.69, 9.17) is 4.52 Å². The van der Waals surface area contributed by atoms with Gasteiger partial charge in [0.2, 0.25) is 5.89 Å². The standard InChI is InChI=1S/C10H12N2OS/c1-3-14-6-9-11-10(13-12-9)8-4-7(2)5-8/h3,8H,1-2,4-6H2. The quantitative estimate of drug-likeness (QED) is 0.713. The largest absolute Gasteiger partial charge is 0.339 e. The molecule has 0 aromatic carbocycles. The number of nitrogens with zero attached hydrogens (tertiary/aromatic N) is 2. The first-order valence-corrected chi connectivity index (χ1v) is 5.56. The monoisotopic (exact) mass is 208 g/mol. The van der Waals surface area contributed by atoms with Crippen LogP contribution in [-0.4, -0.2) is 10.1 Å². The fourth-order valence-electron chi connectivity index (χ4n) is 1.44. The van der Waals surface area contributed by atoms with E-state index in [1.807, 2.05) is 0 Å². The summed E-state index contributed by atoms with van der Waals surface area (Å²) in [5.41, 5.74) is 1.27. The van der Waals surface area contributed by atoms with Crippen molar-refractivity contribution in [2.24, 2.45) is 0 Å². The summed E-state index contributed by atoms with van der Waals surface area (Å²) in [4.78, 5) is 4.32. The maximum atomic E-state index is 5.16. The van der Waals surface area contributed by atoms with Crippen molar-refractivity contribution in [1.82, 2.24) is 10.1 Å². The molecule has 0 amide bonds. The van der Waals surface area contributed by atoms with Gasteiger partial charge in [-0.05, 0) is 18.2 Å². The fourth-order valence-corrected chi connectivity index (χ4v) is 1.82. The minimum absolute atomic E-state index is 0.414. The number of hydrogen-bond acceptors (Lipinski definition) is 4. The summed E-state index contributed by atoms with van der Waals surface area (Å²) in [6.45, 7) is 7.51. The van der Waals surface area contributed by atoms with E-state index >= 15 is 0 Å². The molecule has 1 fully saturated rings. The Bertz CT molecular complexity index is 351. The maximum absolute atomic E-state index is 5.16. The van der Waals surface area contributed by atoms with Crippen molar-refractivity contribution in [3.8, 4) is 0 Å².